The maximum Gasteiger partial charge on any atom is 0.191 e. The predicted octanol–water partition coefficient (Wildman–Crippen LogP) is 1.70. The zero-order chi connectivity index (χ0) is 14.8. The Morgan fingerprint density at radius 1 is 1.55 bits per heavy atom. The van der Waals surface area contributed by atoms with Crippen LogP contribution in [0.1, 0.15) is 33.0 Å². The van der Waals surface area contributed by atoms with Crippen molar-refractivity contribution < 1.29 is 9.52 Å². The van der Waals surface area contributed by atoms with Gasteiger partial charge in [-0.1, -0.05) is 13.8 Å². The summed E-state index contributed by atoms with van der Waals surface area (Å²) < 4.78 is 5.25. The normalized spacial score (nSPS) is 24.1. The maximum absolute atomic E-state index is 10.4. The highest BCUT2D eigenvalue weighted by molar-refractivity contribution is 5.79. The van der Waals surface area contributed by atoms with Crippen molar-refractivity contribution in [2.75, 3.05) is 20.1 Å². The SMILES string of the molecule is CN=C(NCC1CC1(C)C)NCC(C)(O)c1ccco1. The minimum Gasteiger partial charge on any atom is -0.466 e. The third-order valence-corrected chi connectivity index (χ3v) is 4.11. The van der Waals surface area contributed by atoms with Gasteiger partial charge in [-0.3, -0.25) is 4.99 Å². The first-order valence-electron chi connectivity index (χ1n) is 7.06. The molecule has 2 unspecified atom stereocenters. The summed E-state index contributed by atoms with van der Waals surface area (Å²) in [5, 5.41) is 16.8. The molecular formula is C15H25N3O2. The summed E-state index contributed by atoms with van der Waals surface area (Å²) in [6, 6.07) is 3.54. The van der Waals surface area contributed by atoms with Gasteiger partial charge in [-0.15, -0.1) is 0 Å². The largest absolute Gasteiger partial charge is 0.466 e. The van der Waals surface area contributed by atoms with Gasteiger partial charge in [-0.05, 0) is 36.8 Å². The second kappa shape index (κ2) is 5.48. The Kier molecular flexibility index (Phi) is 4.09. The summed E-state index contributed by atoms with van der Waals surface area (Å²) in [4.78, 5) is 4.17. The van der Waals surface area contributed by atoms with Crippen LogP contribution in [0, 0.1) is 11.3 Å². The molecule has 1 aliphatic carbocycles. The van der Waals surface area contributed by atoms with Crippen LogP contribution in [0.5, 0.6) is 0 Å². The molecule has 1 fully saturated rings. The fraction of sp³-hybridized carbons (Fsp3) is 0.667. The van der Waals surface area contributed by atoms with Crippen molar-refractivity contribution in [2.24, 2.45) is 16.3 Å². The lowest BCUT2D eigenvalue weighted by Gasteiger charge is -2.22. The number of guanidine groups is 1. The molecule has 2 atom stereocenters. The molecule has 0 bridgehead atoms. The minimum absolute atomic E-state index is 0.342. The first-order chi connectivity index (χ1) is 9.35. The predicted molar refractivity (Wildman–Crippen MR) is 79.5 cm³/mol. The van der Waals surface area contributed by atoms with Crippen LogP contribution in [0.25, 0.3) is 0 Å². The average molecular weight is 279 g/mol. The lowest BCUT2D eigenvalue weighted by molar-refractivity contribution is 0.0386. The van der Waals surface area contributed by atoms with Gasteiger partial charge in [-0.25, -0.2) is 0 Å². The van der Waals surface area contributed by atoms with Crippen LogP contribution in [-0.4, -0.2) is 31.2 Å². The zero-order valence-electron chi connectivity index (χ0n) is 12.7. The molecule has 0 saturated heterocycles. The monoisotopic (exact) mass is 279 g/mol. The van der Waals surface area contributed by atoms with Crippen molar-refractivity contribution in [3.05, 3.63) is 24.2 Å². The van der Waals surface area contributed by atoms with Gasteiger partial charge >= 0.3 is 0 Å². The van der Waals surface area contributed by atoms with E-state index in [0.29, 0.717) is 29.6 Å². The van der Waals surface area contributed by atoms with E-state index >= 15 is 0 Å². The summed E-state index contributed by atoms with van der Waals surface area (Å²) >= 11 is 0. The Morgan fingerprint density at radius 3 is 2.75 bits per heavy atom. The highest BCUT2D eigenvalue weighted by atomic mass is 16.4. The van der Waals surface area contributed by atoms with Crippen molar-refractivity contribution in [3.8, 4) is 0 Å². The number of aliphatic imine (C=N–C) groups is 1. The van der Waals surface area contributed by atoms with E-state index in [9.17, 15) is 5.11 Å². The first-order valence-corrected chi connectivity index (χ1v) is 7.06. The average Bonchev–Trinajstić information content (AvgIpc) is 2.84. The Morgan fingerprint density at radius 2 is 2.25 bits per heavy atom. The number of rotatable bonds is 5. The maximum atomic E-state index is 10.4. The van der Waals surface area contributed by atoms with E-state index in [2.05, 4.69) is 29.5 Å². The molecule has 0 aliphatic heterocycles. The molecule has 0 radical (unpaired) electrons. The van der Waals surface area contributed by atoms with Gasteiger partial charge in [0.05, 0.1) is 12.8 Å². The van der Waals surface area contributed by atoms with Crippen molar-refractivity contribution in [1.29, 1.82) is 0 Å². The fourth-order valence-electron chi connectivity index (χ4n) is 2.29. The van der Waals surface area contributed by atoms with Gasteiger partial charge in [0, 0.05) is 13.6 Å². The topological polar surface area (TPSA) is 69.8 Å². The van der Waals surface area contributed by atoms with Gasteiger partial charge in [0.15, 0.2) is 5.96 Å². The fourth-order valence-corrected chi connectivity index (χ4v) is 2.29. The quantitative estimate of drug-likeness (QED) is 0.567. The van der Waals surface area contributed by atoms with E-state index < -0.39 is 5.60 Å². The van der Waals surface area contributed by atoms with E-state index in [-0.39, 0.29) is 0 Å². The van der Waals surface area contributed by atoms with E-state index in [1.165, 1.54) is 6.42 Å². The van der Waals surface area contributed by atoms with E-state index in [1.807, 2.05) is 0 Å². The van der Waals surface area contributed by atoms with E-state index in [4.69, 9.17) is 4.42 Å². The lowest BCUT2D eigenvalue weighted by atomic mass is 10.0. The third-order valence-electron chi connectivity index (χ3n) is 4.11. The molecule has 0 spiro atoms. The molecule has 1 heterocycles. The smallest absolute Gasteiger partial charge is 0.191 e. The zero-order valence-corrected chi connectivity index (χ0v) is 12.7. The van der Waals surface area contributed by atoms with E-state index in [1.54, 1.807) is 32.4 Å². The molecular weight excluding hydrogens is 254 g/mol. The van der Waals surface area contributed by atoms with Crippen LogP contribution in [0.3, 0.4) is 0 Å². The first kappa shape index (κ1) is 14.9. The molecule has 1 aliphatic rings. The summed E-state index contributed by atoms with van der Waals surface area (Å²) in [6.45, 7) is 7.52. The Labute approximate surface area is 120 Å². The number of furan rings is 1. The standard InChI is InChI=1S/C15H25N3O2/c1-14(2)8-11(14)9-17-13(16-4)18-10-15(3,19)12-6-5-7-20-12/h5-7,11,19H,8-10H2,1-4H3,(H2,16,17,18). The van der Waals surface area contributed by atoms with Crippen LogP contribution in [0.2, 0.25) is 0 Å². The molecule has 1 aromatic rings. The van der Waals surface area contributed by atoms with Crippen molar-refractivity contribution in [3.63, 3.8) is 0 Å². The Balaban J connectivity index is 1.79. The van der Waals surface area contributed by atoms with Gasteiger partial charge in [0.25, 0.3) is 0 Å². The van der Waals surface area contributed by atoms with Crippen molar-refractivity contribution in [1.82, 2.24) is 10.6 Å². The molecule has 0 amide bonds. The third kappa shape index (κ3) is 3.54. The summed E-state index contributed by atoms with van der Waals surface area (Å²) in [7, 11) is 1.73. The van der Waals surface area contributed by atoms with Crippen LogP contribution in [0.15, 0.2) is 27.8 Å². The second-order valence-corrected chi connectivity index (χ2v) is 6.45. The number of aliphatic hydroxyl groups is 1. The summed E-state index contributed by atoms with van der Waals surface area (Å²) in [5.74, 6) is 1.95. The van der Waals surface area contributed by atoms with Crippen LogP contribution >= 0.6 is 0 Å². The van der Waals surface area contributed by atoms with Crippen LogP contribution in [-0.2, 0) is 5.60 Å². The molecule has 5 heteroatoms. The van der Waals surface area contributed by atoms with Gasteiger partial charge in [0.1, 0.15) is 11.4 Å². The lowest BCUT2D eigenvalue weighted by Crippen LogP contribution is -2.45. The highest BCUT2D eigenvalue weighted by Crippen LogP contribution is 2.50. The second-order valence-electron chi connectivity index (χ2n) is 6.45. The summed E-state index contributed by atoms with van der Waals surface area (Å²) in [5.41, 5.74) is -0.606. The molecule has 0 aromatic carbocycles. The molecule has 3 N–H and O–H groups in total. The Bertz CT molecular complexity index is 463. The van der Waals surface area contributed by atoms with E-state index in [0.717, 1.165) is 6.54 Å². The van der Waals surface area contributed by atoms with Gasteiger partial charge in [-0.2, -0.15) is 0 Å². The summed E-state index contributed by atoms with van der Waals surface area (Å²) in [6.07, 6.45) is 2.81. The minimum atomic E-state index is -1.06. The highest BCUT2D eigenvalue weighted by Gasteiger charge is 2.45. The van der Waals surface area contributed by atoms with Gasteiger partial charge < -0.3 is 20.2 Å². The number of hydrogen-bond acceptors (Lipinski definition) is 3. The Hall–Kier alpha value is -1.49. The molecule has 2 rings (SSSR count). The van der Waals surface area contributed by atoms with Crippen molar-refractivity contribution in [2.45, 2.75) is 32.8 Å². The molecule has 1 aromatic heterocycles. The van der Waals surface area contributed by atoms with Crippen LogP contribution in [0.4, 0.5) is 0 Å². The molecule has 5 nitrogen and oxygen atoms in total. The number of nitrogens with zero attached hydrogens (tertiary/aromatic N) is 1. The van der Waals surface area contributed by atoms with Crippen molar-refractivity contribution >= 4 is 5.96 Å². The molecule has 20 heavy (non-hydrogen) atoms. The molecule has 1 saturated carbocycles. The number of hydrogen-bond donors (Lipinski definition) is 3. The van der Waals surface area contributed by atoms with Gasteiger partial charge in [0.2, 0.25) is 0 Å². The van der Waals surface area contributed by atoms with Crippen LogP contribution < -0.4 is 10.6 Å². The molecule has 112 valence electrons. The number of nitrogens with one attached hydrogen (secondary N) is 2.